The molecule has 0 aliphatic rings. The lowest BCUT2D eigenvalue weighted by Crippen LogP contribution is -2.37. The Kier molecular flexibility index (Phi) is 3.39. The predicted molar refractivity (Wildman–Crippen MR) is 52.3 cm³/mol. The molecule has 0 bridgehead atoms. The Balaban J connectivity index is 2.75. The summed E-state index contributed by atoms with van der Waals surface area (Å²) in [6, 6.07) is -0.259. The molecule has 72 valence electrons. The maximum atomic E-state index is 11.1. The fraction of sp³-hybridized carbons (Fsp3) is 0.500. The SMILES string of the molecule is CC(C)NC(C(N)=O)c1cscn1. The first-order valence-corrected chi connectivity index (χ1v) is 4.99. The molecule has 1 amide bonds. The van der Waals surface area contributed by atoms with Gasteiger partial charge >= 0.3 is 0 Å². The van der Waals surface area contributed by atoms with Gasteiger partial charge in [-0.05, 0) is 13.8 Å². The number of aromatic nitrogens is 1. The van der Waals surface area contributed by atoms with Crippen LogP contribution in [0.25, 0.3) is 0 Å². The molecule has 0 spiro atoms. The first-order valence-electron chi connectivity index (χ1n) is 4.04. The Labute approximate surface area is 81.2 Å². The van der Waals surface area contributed by atoms with E-state index in [0.29, 0.717) is 5.69 Å². The van der Waals surface area contributed by atoms with Gasteiger partial charge in [0.15, 0.2) is 0 Å². The first-order chi connectivity index (χ1) is 6.11. The van der Waals surface area contributed by atoms with Crippen LogP contribution in [-0.4, -0.2) is 16.9 Å². The summed E-state index contributed by atoms with van der Waals surface area (Å²) < 4.78 is 0. The number of carbonyl (C=O) groups is 1. The molecule has 13 heavy (non-hydrogen) atoms. The van der Waals surface area contributed by atoms with E-state index in [4.69, 9.17) is 5.73 Å². The standard InChI is InChI=1S/C8H13N3OS/c1-5(2)11-7(8(9)12)6-3-13-4-10-6/h3-5,7,11H,1-2H3,(H2,9,12). The number of thiazole rings is 1. The number of nitrogens with one attached hydrogen (secondary N) is 1. The second-order valence-electron chi connectivity index (χ2n) is 3.07. The molecule has 3 N–H and O–H groups in total. The Morgan fingerprint density at radius 2 is 2.38 bits per heavy atom. The van der Waals surface area contributed by atoms with Gasteiger partial charge in [-0.2, -0.15) is 0 Å². The average Bonchev–Trinajstić information content (AvgIpc) is 2.50. The molecule has 1 atom stereocenters. The summed E-state index contributed by atoms with van der Waals surface area (Å²) in [5, 5.41) is 4.88. The lowest BCUT2D eigenvalue weighted by molar-refractivity contribution is -0.120. The van der Waals surface area contributed by atoms with Crippen LogP contribution in [0.4, 0.5) is 0 Å². The minimum Gasteiger partial charge on any atom is -0.368 e. The highest BCUT2D eigenvalue weighted by Gasteiger charge is 2.19. The van der Waals surface area contributed by atoms with Crippen LogP contribution in [0, 0.1) is 0 Å². The zero-order chi connectivity index (χ0) is 9.84. The molecule has 0 aliphatic carbocycles. The van der Waals surface area contributed by atoms with Crippen LogP contribution in [0.5, 0.6) is 0 Å². The van der Waals surface area contributed by atoms with Gasteiger partial charge in [-0.25, -0.2) is 4.98 Å². The highest BCUT2D eigenvalue weighted by Crippen LogP contribution is 2.12. The van der Waals surface area contributed by atoms with Gasteiger partial charge in [0, 0.05) is 11.4 Å². The van der Waals surface area contributed by atoms with E-state index in [1.165, 1.54) is 11.3 Å². The van der Waals surface area contributed by atoms with Gasteiger partial charge in [-0.15, -0.1) is 11.3 Å². The highest BCUT2D eigenvalue weighted by atomic mass is 32.1. The maximum Gasteiger partial charge on any atom is 0.240 e. The van der Waals surface area contributed by atoms with E-state index in [1.54, 1.807) is 5.51 Å². The van der Waals surface area contributed by atoms with Gasteiger partial charge < -0.3 is 5.73 Å². The summed E-state index contributed by atoms with van der Waals surface area (Å²) in [5.74, 6) is -0.389. The van der Waals surface area contributed by atoms with E-state index < -0.39 is 6.04 Å². The molecule has 0 aromatic carbocycles. The molecule has 0 aliphatic heterocycles. The number of hydrogen-bond acceptors (Lipinski definition) is 4. The number of nitrogens with zero attached hydrogens (tertiary/aromatic N) is 1. The Hall–Kier alpha value is -0.940. The number of nitrogens with two attached hydrogens (primary N) is 1. The van der Waals surface area contributed by atoms with Crippen molar-refractivity contribution in [2.75, 3.05) is 0 Å². The van der Waals surface area contributed by atoms with Crippen LogP contribution in [0.2, 0.25) is 0 Å². The van der Waals surface area contributed by atoms with Crippen LogP contribution in [-0.2, 0) is 4.79 Å². The number of hydrogen-bond donors (Lipinski definition) is 2. The average molecular weight is 199 g/mol. The van der Waals surface area contributed by atoms with Crippen LogP contribution in [0.3, 0.4) is 0 Å². The third-order valence-corrected chi connectivity index (χ3v) is 2.14. The van der Waals surface area contributed by atoms with E-state index in [9.17, 15) is 4.79 Å². The van der Waals surface area contributed by atoms with Gasteiger partial charge in [0.05, 0.1) is 11.2 Å². The molecule has 0 radical (unpaired) electrons. The summed E-state index contributed by atoms with van der Waals surface area (Å²) in [4.78, 5) is 15.1. The third-order valence-electron chi connectivity index (χ3n) is 1.53. The zero-order valence-electron chi connectivity index (χ0n) is 7.65. The van der Waals surface area contributed by atoms with Crippen molar-refractivity contribution in [2.45, 2.75) is 25.9 Å². The van der Waals surface area contributed by atoms with E-state index in [1.807, 2.05) is 19.2 Å². The molecule has 0 saturated heterocycles. The summed E-state index contributed by atoms with van der Waals surface area (Å²) in [7, 11) is 0. The van der Waals surface area contributed by atoms with Gasteiger partial charge in [0.1, 0.15) is 6.04 Å². The van der Waals surface area contributed by atoms with E-state index in [0.717, 1.165) is 0 Å². The number of amides is 1. The highest BCUT2D eigenvalue weighted by molar-refractivity contribution is 7.07. The van der Waals surface area contributed by atoms with Gasteiger partial charge in [0.25, 0.3) is 0 Å². The normalized spacial score (nSPS) is 13.2. The monoisotopic (exact) mass is 199 g/mol. The molecule has 1 rings (SSSR count). The third kappa shape index (κ3) is 2.78. The summed E-state index contributed by atoms with van der Waals surface area (Å²) >= 11 is 1.45. The molecule has 1 aromatic heterocycles. The smallest absolute Gasteiger partial charge is 0.240 e. The number of primary amides is 1. The minimum absolute atomic E-state index is 0.208. The fourth-order valence-corrected chi connectivity index (χ4v) is 1.59. The molecule has 1 unspecified atom stereocenters. The first kappa shape index (κ1) is 10.1. The van der Waals surface area contributed by atoms with Crippen LogP contribution < -0.4 is 11.1 Å². The number of carbonyl (C=O) groups excluding carboxylic acids is 1. The van der Waals surface area contributed by atoms with Crippen molar-refractivity contribution < 1.29 is 4.79 Å². The quantitative estimate of drug-likeness (QED) is 0.748. The van der Waals surface area contributed by atoms with Crippen molar-refractivity contribution in [1.82, 2.24) is 10.3 Å². The van der Waals surface area contributed by atoms with E-state index >= 15 is 0 Å². The van der Waals surface area contributed by atoms with Crippen molar-refractivity contribution in [3.05, 3.63) is 16.6 Å². The fourth-order valence-electron chi connectivity index (χ4n) is 1.01. The van der Waals surface area contributed by atoms with Gasteiger partial charge in [-0.3, -0.25) is 10.1 Å². The predicted octanol–water partition coefficient (Wildman–Crippen LogP) is 0.668. The molecular weight excluding hydrogens is 186 g/mol. The maximum absolute atomic E-state index is 11.1. The molecule has 5 heteroatoms. The van der Waals surface area contributed by atoms with Crippen LogP contribution in [0.15, 0.2) is 10.9 Å². The molecule has 0 fully saturated rings. The second-order valence-corrected chi connectivity index (χ2v) is 3.79. The van der Waals surface area contributed by atoms with E-state index in [2.05, 4.69) is 10.3 Å². The van der Waals surface area contributed by atoms with Gasteiger partial charge in [0.2, 0.25) is 5.91 Å². The van der Waals surface area contributed by atoms with Crippen molar-refractivity contribution in [1.29, 1.82) is 0 Å². The zero-order valence-corrected chi connectivity index (χ0v) is 8.47. The lowest BCUT2D eigenvalue weighted by Gasteiger charge is -2.15. The van der Waals surface area contributed by atoms with Crippen molar-refractivity contribution in [3.63, 3.8) is 0 Å². The van der Waals surface area contributed by atoms with Gasteiger partial charge in [-0.1, -0.05) is 0 Å². The summed E-state index contributed by atoms with van der Waals surface area (Å²) in [6.45, 7) is 3.92. The Morgan fingerprint density at radius 3 is 2.77 bits per heavy atom. The largest absolute Gasteiger partial charge is 0.368 e. The van der Waals surface area contributed by atoms with E-state index in [-0.39, 0.29) is 11.9 Å². The Bertz CT molecular complexity index is 271. The molecule has 0 saturated carbocycles. The lowest BCUT2D eigenvalue weighted by atomic mass is 10.2. The topological polar surface area (TPSA) is 68.0 Å². The minimum atomic E-state index is -0.466. The molecular formula is C8H13N3OS. The summed E-state index contributed by atoms with van der Waals surface area (Å²) in [5.41, 5.74) is 7.63. The van der Waals surface area contributed by atoms with Crippen molar-refractivity contribution in [3.8, 4) is 0 Å². The molecule has 1 aromatic rings. The van der Waals surface area contributed by atoms with Crippen molar-refractivity contribution >= 4 is 17.2 Å². The van der Waals surface area contributed by atoms with Crippen molar-refractivity contribution in [2.24, 2.45) is 5.73 Å². The van der Waals surface area contributed by atoms with Crippen LogP contribution >= 0.6 is 11.3 Å². The molecule has 4 nitrogen and oxygen atoms in total. The Morgan fingerprint density at radius 1 is 1.69 bits per heavy atom. The number of rotatable bonds is 4. The molecule has 1 heterocycles. The second kappa shape index (κ2) is 4.34. The van der Waals surface area contributed by atoms with Crippen LogP contribution in [0.1, 0.15) is 25.6 Å². The summed E-state index contributed by atoms with van der Waals surface area (Å²) in [6.07, 6.45) is 0.